The molecule has 0 bridgehead atoms. The first-order valence-electron chi connectivity index (χ1n) is 5.98. The van der Waals surface area contributed by atoms with E-state index >= 15 is 0 Å². The number of hydrogen-bond acceptors (Lipinski definition) is 4. The topological polar surface area (TPSA) is 72.2 Å². The third-order valence-electron chi connectivity index (χ3n) is 2.37. The number of hydrogen-bond donors (Lipinski definition) is 2. The first-order valence-corrected chi connectivity index (χ1v) is 8.86. The summed E-state index contributed by atoms with van der Waals surface area (Å²) >= 11 is 1.63. The molecule has 0 aliphatic rings. The Kier molecular flexibility index (Phi) is 7.02. The zero-order valence-electron chi connectivity index (χ0n) is 11.1. The zero-order valence-corrected chi connectivity index (χ0v) is 12.8. The Morgan fingerprint density at radius 3 is 2.80 bits per heavy atom. The quantitative estimate of drug-likeness (QED) is 0.610. The second-order valence-corrected chi connectivity index (χ2v) is 6.62. The van der Waals surface area contributed by atoms with Gasteiger partial charge < -0.3 is 5.73 Å². The highest BCUT2D eigenvalue weighted by molar-refractivity contribution is 7.98. The van der Waals surface area contributed by atoms with Gasteiger partial charge in [-0.2, -0.15) is 11.8 Å². The van der Waals surface area contributed by atoms with Crippen molar-refractivity contribution < 1.29 is 12.8 Å². The Bertz CT molecular complexity index is 607. The predicted octanol–water partition coefficient (Wildman–Crippen LogP) is 1.17. The third kappa shape index (κ3) is 5.13. The molecule has 0 aliphatic heterocycles. The molecule has 0 spiro atoms. The molecule has 0 atom stereocenters. The van der Waals surface area contributed by atoms with Crippen LogP contribution < -0.4 is 10.5 Å². The molecule has 4 nitrogen and oxygen atoms in total. The van der Waals surface area contributed by atoms with Gasteiger partial charge in [0.15, 0.2) is 0 Å². The molecule has 1 aromatic carbocycles. The minimum atomic E-state index is -3.82. The molecule has 0 radical (unpaired) electrons. The molecule has 0 amide bonds. The molecule has 0 saturated heterocycles. The molecule has 20 heavy (non-hydrogen) atoms. The molecule has 0 saturated carbocycles. The smallest absolute Gasteiger partial charge is 0.243 e. The van der Waals surface area contributed by atoms with E-state index in [1.165, 1.54) is 12.1 Å². The molecule has 0 unspecified atom stereocenters. The van der Waals surface area contributed by atoms with Gasteiger partial charge in [-0.3, -0.25) is 0 Å². The fourth-order valence-electron chi connectivity index (χ4n) is 1.45. The summed E-state index contributed by atoms with van der Waals surface area (Å²) in [5, 5.41) is 0. The van der Waals surface area contributed by atoms with E-state index in [0.29, 0.717) is 12.0 Å². The van der Waals surface area contributed by atoms with E-state index in [4.69, 9.17) is 5.73 Å². The summed E-state index contributed by atoms with van der Waals surface area (Å²) in [6, 6.07) is 3.77. The summed E-state index contributed by atoms with van der Waals surface area (Å²) in [4.78, 5) is -0.361. The largest absolute Gasteiger partial charge is 0.320 e. The van der Waals surface area contributed by atoms with Crippen LogP contribution in [0, 0.1) is 17.7 Å². The van der Waals surface area contributed by atoms with Gasteiger partial charge in [-0.25, -0.2) is 17.5 Å². The third-order valence-corrected chi connectivity index (χ3v) is 4.56. The highest BCUT2D eigenvalue weighted by atomic mass is 32.2. The number of thioether (sulfide) groups is 1. The normalized spacial score (nSPS) is 10.9. The van der Waals surface area contributed by atoms with Crippen LogP contribution in [0.25, 0.3) is 0 Å². The first kappa shape index (κ1) is 17.0. The van der Waals surface area contributed by atoms with Crippen molar-refractivity contribution >= 4 is 21.8 Å². The predicted molar refractivity (Wildman–Crippen MR) is 80.5 cm³/mol. The van der Waals surface area contributed by atoms with Crippen LogP contribution in [0.1, 0.15) is 12.0 Å². The number of rotatable bonds is 6. The number of benzene rings is 1. The van der Waals surface area contributed by atoms with E-state index in [9.17, 15) is 12.8 Å². The lowest BCUT2D eigenvalue weighted by atomic mass is 10.2. The van der Waals surface area contributed by atoms with Crippen molar-refractivity contribution in [2.75, 3.05) is 25.1 Å². The molecule has 0 aromatic heterocycles. The SMILES string of the molecule is CSCCCNS(=O)(=O)c1ccc(C#CCN)cc1F. The molecule has 3 N–H and O–H groups in total. The Morgan fingerprint density at radius 1 is 1.45 bits per heavy atom. The summed E-state index contributed by atoms with van der Waals surface area (Å²) in [7, 11) is -3.82. The minimum absolute atomic E-state index is 0.165. The maximum atomic E-state index is 13.8. The number of sulfonamides is 1. The van der Waals surface area contributed by atoms with E-state index in [1.54, 1.807) is 11.8 Å². The van der Waals surface area contributed by atoms with Gasteiger partial charge in [-0.1, -0.05) is 11.8 Å². The van der Waals surface area contributed by atoms with Crippen LogP contribution in [0.3, 0.4) is 0 Å². The van der Waals surface area contributed by atoms with Crippen LogP contribution >= 0.6 is 11.8 Å². The monoisotopic (exact) mass is 316 g/mol. The second-order valence-electron chi connectivity index (χ2n) is 3.90. The van der Waals surface area contributed by atoms with E-state index in [1.807, 2.05) is 6.26 Å². The molecule has 110 valence electrons. The lowest BCUT2D eigenvalue weighted by Crippen LogP contribution is -2.26. The second kappa shape index (κ2) is 8.27. The van der Waals surface area contributed by atoms with Crippen molar-refractivity contribution in [3.63, 3.8) is 0 Å². The van der Waals surface area contributed by atoms with Crippen LogP contribution in [0.5, 0.6) is 0 Å². The molecule has 1 rings (SSSR count). The van der Waals surface area contributed by atoms with Gasteiger partial charge in [-0.05, 0) is 36.6 Å². The number of nitrogens with one attached hydrogen (secondary N) is 1. The zero-order chi connectivity index (χ0) is 15.0. The number of nitrogens with two attached hydrogens (primary N) is 1. The van der Waals surface area contributed by atoms with Gasteiger partial charge in [0.1, 0.15) is 10.7 Å². The highest BCUT2D eigenvalue weighted by Crippen LogP contribution is 2.15. The summed E-state index contributed by atoms with van der Waals surface area (Å²) in [5.74, 6) is 5.26. The molecular weight excluding hydrogens is 299 g/mol. The average molecular weight is 316 g/mol. The van der Waals surface area contributed by atoms with Gasteiger partial charge in [0, 0.05) is 12.1 Å². The molecule has 0 fully saturated rings. The Balaban J connectivity index is 2.85. The van der Waals surface area contributed by atoms with Crippen LogP contribution in [0.15, 0.2) is 23.1 Å². The fraction of sp³-hybridized carbons (Fsp3) is 0.385. The van der Waals surface area contributed by atoms with Gasteiger partial charge in [0.25, 0.3) is 0 Å². The Hall–Kier alpha value is -1.07. The lowest BCUT2D eigenvalue weighted by Gasteiger charge is -2.07. The van der Waals surface area contributed by atoms with Crippen LogP contribution in [-0.2, 0) is 10.0 Å². The summed E-state index contributed by atoms with van der Waals surface area (Å²) in [6.45, 7) is 0.454. The minimum Gasteiger partial charge on any atom is -0.320 e. The maximum absolute atomic E-state index is 13.8. The van der Waals surface area contributed by atoms with Gasteiger partial charge in [0.2, 0.25) is 10.0 Å². The first-order chi connectivity index (χ1) is 9.51. The van der Waals surface area contributed by atoms with Crippen molar-refractivity contribution in [3.05, 3.63) is 29.6 Å². The highest BCUT2D eigenvalue weighted by Gasteiger charge is 2.18. The Morgan fingerprint density at radius 2 is 2.20 bits per heavy atom. The van der Waals surface area contributed by atoms with Crippen molar-refractivity contribution in [1.82, 2.24) is 4.72 Å². The van der Waals surface area contributed by atoms with Crippen LogP contribution in [0.2, 0.25) is 0 Å². The summed E-state index contributed by atoms with van der Waals surface area (Å²) < 4.78 is 40.1. The van der Waals surface area contributed by atoms with E-state index < -0.39 is 15.8 Å². The van der Waals surface area contributed by atoms with Gasteiger partial charge >= 0.3 is 0 Å². The van der Waals surface area contributed by atoms with Crippen molar-refractivity contribution in [3.8, 4) is 11.8 Å². The summed E-state index contributed by atoms with van der Waals surface area (Å²) in [5.41, 5.74) is 5.62. The molecule has 1 aromatic rings. The lowest BCUT2D eigenvalue weighted by molar-refractivity contribution is 0.556. The number of halogens is 1. The summed E-state index contributed by atoms with van der Waals surface area (Å²) in [6.07, 6.45) is 2.64. The van der Waals surface area contributed by atoms with E-state index in [-0.39, 0.29) is 18.0 Å². The molecular formula is C13H17FN2O2S2. The van der Waals surface area contributed by atoms with E-state index in [0.717, 1.165) is 11.8 Å². The standard InChI is InChI=1S/C13H17FN2O2S2/c1-19-9-3-8-16-20(17,18)13-6-5-11(4-2-7-15)10-12(13)14/h5-6,10,16H,3,7-9,15H2,1H3. The Labute approximate surface area is 123 Å². The van der Waals surface area contributed by atoms with Crippen molar-refractivity contribution in [2.24, 2.45) is 5.73 Å². The van der Waals surface area contributed by atoms with Gasteiger partial charge in [0.05, 0.1) is 6.54 Å². The van der Waals surface area contributed by atoms with Crippen LogP contribution in [0.4, 0.5) is 4.39 Å². The average Bonchev–Trinajstić information content (AvgIpc) is 2.41. The molecule has 0 aliphatic carbocycles. The van der Waals surface area contributed by atoms with Crippen molar-refractivity contribution in [2.45, 2.75) is 11.3 Å². The molecule has 0 heterocycles. The van der Waals surface area contributed by atoms with Crippen LogP contribution in [-0.4, -0.2) is 33.5 Å². The fourth-order valence-corrected chi connectivity index (χ4v) is 3.01. The van der Waals surface area contributed by atoms with Crippen molar-refractivity contribution in [1.29, 1.82) is 0 Å². The van der Waals surface area contributed by atoms with E-state index in [2.05, 4.69) is 16.6 Å². The molecule has 7 heteroatoms. The maximum Gasteiger partial charge on any atom is 0.243 e. The van der Waals surface area contributed by atoms with Gasteiger partial charge in [-0.15, -0.1) is 0 Å².